The molecule has 0 aliphatic heterocycles. The number of aliphatic hydroxyl groups excluding tert-OH is 1. The van der Waals surface area contributed by atoms with Crippen molar-refractivity contribution in [2.24, 2.45) is 0 Å². The van der Waals surface area contributed by atoms with Crippen LogP contribution in [0.5, 0.6) is 0 Å². The van der Waals surface area contributed by atoms with Crippen molar-refractivity contribution >= 4 is 29.3 Å². The molecule has 0 bridgehead atoms. The number of hydrogen-bond acceptors (Lipinski definition) is 7. The van der Waals surface area contributed by atoms with Crippen LogP contribution < -0.4 is 5.32 Å². The first-order valence-electron chi connectivity index (χ1n) is 8.28. The molecule has 0 aliphatic carbocycles. The van der Waals surface area contributed by atoms with Crippen LogP contribution in [0.2, 0.25) is 5.02 Å². The molecule has 1 rings (SSSR count). The zero-order chi connectivity index (χ0) is 19.4. The summed E-state index contributed by atoms with van der Waals surface area (Å²) in [5, 5.41) is 13.4. The molecule has 0 fully saturated rings. The lowest BCUT2D eigenvalue weighted by atomic mass is 10.4. The van der Waals surface area contributed by atoms with E-state index in [1.54, 1.807) is 18.7 Å². The van der Waals surface area contributed by atoms with Crippen LogP contribution in [0, 0.1) is 0 Å². The van der Waals surface area contributed by atoms with Gasteiger partial charge in [-0.05, 0) is 38.1 Å². The van der Waals surface area contributed by atoms with Crippen LogP contribution in [0.25, 0.3) is 0 Å². The largest absolute Gasteiger partial charge is 0.461 e. The molecule has 0 aromatic heterocycles. The van der Waals surface area contributed by atoms with E-state index >= 15 is 0 Å². The third-order valence-electron chi connectivity index (χ3n) is 3.08. The molecule has 0 radical (unpaired) electrons. The fourth-order valence-corrected chi connectivity index (χ4v) is 2.78. The van der Waals surface area contributed by atoms with Gasteiger partial charge in [0.25, 0.3) is 0 Å². The van der Waals surface area contributed by atoms with Crippen molar-refractivity contribution in [2.75, 3.05) is 32.1 Å². The lowest BCUT2D eigenvalue weighted by Gasteiger charge is -2.22. The molecule has 0 aliphatic rings. The number of esters is 1. The molecule has 0 saturated carbocycles. The van der Waals surface area contributed by atoms with Crippen LogP contribution in [-0.2, 0) is 19.0 Å². The summed E-state index contributed by atoms with van der Waals surface area (Å²) in [5.41, 5.74) is 0.331. The molecule has 2 unspecified atom stereocenters. The van der Waals surface area contributed by atoms with Gasteiger partial charge in [0.15, 0.2) is 0 Å². The van der Waals surface area contributed by atoms with Crippen LogP contribution in [0.4, 0.5) is 0 Å². The second-order valence-corrected chi connectivity index (χ2v) is 6.94. The molecule has 2 atom stereocenters. The van der Waals surface area contributed by atoms with E-state index in [0.717, 1.165) is 4.90 Å². The summed E-state index contributed by atoms with van der Waals surface area (Å²) in [6.07, 6.45) is -1.49. The van der Waals surface area contributed by atoms with E-state index in [-0.39, 0.29) is 19.3 Å². The van der Waals surface area contributed by atoms with Crippen molar-refractivity contribution < 1.29 is 24.1 Å². The molecule has 0 heterocycles. The number of aliphatic hydroxyl groups is 1. The molecule has 6 nitrogen and oxygen atoms in total. The highest BCUT2D eigenvalue weighted by Crippen LogP contribution is 2.22. The predicted octanol–water partition coefficient (Wildman–Crippen LogP) is 2.84. The van der Waals surface area contributed by atoms with E-state index in [1.165, 1.54) is 0 Å². The molecule has 146 valence electrons. The average Bonchev–Trinajstić information content (AvgIpc) is 2.62. The van der Waals surface area contributed by atoms with Gasteiger partial charge in [-0.25, -0.2) is 4.79 Å². The maximum Gasteiger partial charge on any atom is 0.333 e. The standard InChI is InChI=1S/C18H26ClNO5S/c1-4-23-11-15(12-26-16-7-5-14(19)6-8-16)25-18(22)20-9-10-24-17(21)13(2)3/h5-8,15,18,20,22H,2,4,9-12H2,1,3H3. The smallest absolute Gasteiger partial charge is 0.333 e. The SMILES string of the molecule is C=C(C)C(=O)OCCNC(O)OC(COCC)CSc1ccc(Cl)cc1. The number of carbonyl (C=O) groups is 1. The lowest BCUT2D eigenvalue weighted by Crippen LogP contribution is -2.39. The Hall–Kier alpha value is -1.09. The zero-order valence-corrected chi connectivity index (χ0v) is 16.6. The number of rotatable bonds is 13. The first kappa shape index (κ1) is 23.0. The van der Waals surface area contributed by atoms with Gasteiger partial charge in [-0.2, -0.15) is 0 Å². The van der Waals surface area contributed by atoms with Gasteiger partial charge in [0, 0.05) is 34.4 Å². The first-order chi connectivity index (χ1) is 12.4. The Kier molecular flexibility index (Phi) is 11.6. The molecule has 0 amide bonds. The molecular formula is C18H26ClNO5S. The van der Waals surface area contributed by atoms with Gasteiger partial charge in [-0.15, -0.1) is 11.8 Å². The third kappa shape index (κ3) is 10.2. The number of nitrogens with one attached hydrogen (secondary N) is 1. The Balaban J connectivity index is 2.36. The molecule has 2 N–H and O–H groups in total. The average molecular weight is 404 g/mol. The minimum atomic E-state index is -1.19. The van der Waals surface area contributed by atoms with Crippen molar-refractivity contribution in [3.05, 3.63) is 41.4 Å². The second-order valence-electron chi connectivity index (χ2n) is 5.41. The number of ether oxygens (including phenoxy) is 3. The Bertz CT molecular complexity index is 555. The van der Waals surface area contributed by atoms with E-state index in [9.17, 15) is 9.90 Å². The van der Waals surface area contributed by atoms with Gasteiger partial charge in [-0.3, -0.25) is 5.32 Å². The molecule has 0 saturated heterocycles. The molecular weight excluding hydrogens is 378 g/mol. The summed E-state index contributed by atoms with van der Waals surface area (Å²) in [6, 6.07) is 7.50. The Morgan fingerprint density at radius 2 is 2.08 bits per heavy atom. The molecule has 0 spiro atoms. The van der Waals surface area contributed by atoms with Gasteiger partial charge in [0.05, 0.1) is 12.7 Å². The Morgan fingerprint density at radius 3 is 2.69 bits per heavy atom. The van der Waals surface area contributed by atoms with Crippen LogP contribution in [-0.4, -0.2) is 55.7 Å². The fourth-order valence-electron chi connectivity index (χ4n) is 1.78. The highest BCUT2D eigenvalue weighted by atomic mass is 35.5. The van der Waals surface area contributed by atoms with Crippen molar-refractivity contribution in [3.8, 4) is 0 Å². The van der Waals surface area contributed by atoms with Crippen molar-refractivity contribution in [1.82, 2.24) is 5.32 Å². The minimum absolute atomic E-state index is 0.113. The van der Waals surface area contributed by atoms with E-state index in [4.69, 9.17) is 25.8 Å². The second kappa shape index (κ2) is 13.1. The minimum Gasteiger partial charge on any atom is -0.461 e. The zero-order valence-electron chi connectivity index (χ0n) is 15.1. The van der Waals surface area contributed by atoms with Crippen LogP contribution in [0.1, 0.15) is 13.8 Å². The normalized spacial score (nSPS) is 13.2. The number of benzene rings is 1. The topological polar surface area (TPSA) is 77.0 Å². The first-order valence-corrected chi connectivity index (χ1v) is 9.64. The summed E-state index contributed by atoms with van der Waals surface area (Å²) in [6.45, 7) is 8.26. The molecule has 8 heteroatoms. The summed E-state index contributed by atoms with van der Waals surface area (Å²) in [5.74, 6) is 0.140. The maximum atomic E-state index is 11.3. The van der Waals surface area contributed by atoms with E-state index in [0.29, 0.717) is 29.6 Å². The van der Waals surface area contributed by atoms with Crippen LogP contribution >= 0.6 is 23.4 Å². The lowest BCUT2D eigenvalue weighted by molar-refractivity contribution is -0.163. The summed E-state index contributed by atoms with van der Waals surface area (Å²) in [7, 11) is 0. The number of hydrogen-bond donors (Lipinski definition) is 2. The molecule has 1 aromatic rings. The monoisotopic (exact) mass is 403 g/mol. The van der Waals surface area contributed by atoms with Gasteiger partial charge < -0.3 is 19.3 Å². The van der Waals surface area contributed by atoms with Crippen molar-refractivity contribution in [3.63, 3.8) is 0 Å². The number of thioether (sulfide) groups is 1. The van der Waals surface area contributed by atoms with Gasteiger partial charge in [-0.1, -0.05) is 18.2 Å². The van der Waals surface area contributed by atoms with Gasteiger partial charge in [0.1, 0.15) is 6.61 Å². The Labute approximate surface area is 163 Å². The maximum absolute atomic E-state index is 11.3. The predicted molar refractivity (Wildman–Crippen MR) is 103 cm³/mol. The number of halogens is 1. The van der Waals surface area contributed by atoms with Crippen molar-refractivity contribution in [2.45, 2.75) is 31.3 Å². The highest BCUT2D eigenvalue weighted by Gasteiger charge is 2.15. The quantitative estimate of drug-likeness (QED) is 0.172. The molecule has 26 heavy (non-hydrogen) atoms. The summed E-state index contributed by atoms with van der Waals surface area (Å²) < 4.78 is 15.9. The Morgan fingerprint density at radius 1 is 1.38 bits per heavy atom. The van der Waals surface area contributed by atoms with E-state index < -0.39 is 12.4 Å². The fraction of sp³-hybridized carbons (Fsp3) is 0.500. The summed E-state index contributed by atoms with van der Waals surface area (Å²) >= 11 is 7.46. The van der Waals surface area contributed by atoms with Crippen LogP contribution in [0.15, 0.2) is 41.3 Å². The summed E-state index contributed by atoms with van der Waals surface area (Å²) in [4.78, 5) is 12.3. The van der Waals surface area contributed by atoms with Crippen LogP contribution in [0.3, 0.4) is 0 Å². The van der Waals surface area contributed by atoms with E-state index in [1.807, 2.05) is 31.2 Å². The van der Waals surface area contributed by atoms with Crippen molar-refractivity contribution in [1.29, 1.82) is 0 Å². The van der Waals surface area contributed by atoms with Gasteiger partial charge in [0.2, 0.25) is 6.41 Å². The van der Waals surface area contributed by atoms with Gasteiger partial charge >= 0.3 is 5.97 Å². The number of carbonyl (C=O) groups excluding carboxylic acids is 1. The third-order valence-corrected chi connectivity index (χ3v) is 4.48. The van der Waals surface area contributed by atoms with E-state index in [2.05, 4.69) is 11.9 Å². The highest BCUT2D eigenvalue weighted by molar-refractivity contribution is 7.99. The molecule has 1 aromatic carbocycles.